The van der Waals surface area contributed by atoms with Crippen molar-refractivity contribution >= 4 is 29.4 Å². The zero-order chi connectivity index (χ0) is 28.7. The van der Waals surface area contributed by atoms with Gasteiger partial charge in [0.1, 0.15) is 11.5 Å². The molecule has 0 aliphatic heterocycles. The number of aromatic carboxylic acids is 2. The number of nitrogens with one attached hydrogen (secondary N) is 2. The standard InChI is InChI=1S/C30H32N2O7/c1-5-17(3)19-7-11-21(12-8-19)39-22-13-9-20(10-14-22)32-28(34)24-15-23(27(33)31-18(4)6-2)25(29(35)36)16-26(24)30(37)38/h7-18H,5-6H2,1-4H3,(H,31,33)(H,32,34)(H,35,36)(H,37,38). The first-order valence-electron chi connectivity index (χ1n) is 12.7. The van der Waals surface area contributed by atoms with Crippen LogP contribution in [0.1, 0.15) is 93.4 Å². The van der Waals surface area contributed by atoms with Crippen LogP contribution in [0.25, 0.3) is 0 Å². The SMILES string of the molecule is CCC(C)NC(=O)c1cc(C(=O)Nc2ccc(Oc3ccc(C(C)CC)cc3)cc2)c(C(=O)O)cc1C(=O)O. The van der Waals surface area contributed by atoms with Gasteiger partial charge in [-0.15, -0.1) is 0 Å². The number of hydrogen-bond donors (Lipinski definition) is 4. The maximum Gasteiger partial charge on any atom is 0.336 e. The molecule has 4 N–H and O–H groups in total. The van der Waals surface area contributed by atoms with Crippen LogP contribution in [0.15, 0.2) is 60.7 Å². The van der Waals surface area contributed by atoms with Crippen molar-refractivity contribution < 1.29 is 34.1 Å². The highest BCUT2D eigenvalue weighted by Gasteiger charge is 2.26. The molecule has 0 aliphatic carbocycles. The Morgan fingerprint density at radius 3 is 1.69 bits per heavy atom. The highest BCUT2D eigenvalue weighted by atomic mass is 16.5. The fourth-order valence-electron chi connectivity index (χ4n) is 3.77. The van der Waals surface area contributed by atoms with E-state index in [1.165, 1.54) is 5.56 Å². The summed E-state index contributed by atoms with van der Waals surface area (Å²) < 4.78 is 5.87. The number of carbonyl (C=O) groups excluding carboxylic acids is 2. The van der Waals surface area contributed by atoms with Gasteiger partial charge in [0.05, 0.1) is 22.3 Å². The number of carbonyl (C=O) groups is 4. The summed E-state index contributed by atoms with van der Waals surface area (Å²) in [6.07, 6.45) is 1.63. The summed E-state index contributed by atoms with van der Waals surface area (Å²) in [7, 11) is 0. The van der Waals surface area contributed by atoms with Crippen LogP contribution in [0, 0.1) is 0 Å². The number of amides is 2. The second-order valence-corrected chi connectivity index (χ2v) is 9.30. The van der Waals surface area contributed by atoms with Gasteiger partial charge in [0.2, 0.25) is 0 Å². The van der Waals surface area contributed by atoms with Gasteiger partial charge >= 0.3 is 11.9 Å². The Morgan fingerprint density at radius 1 is 0.718 bits per heavy atom. The average Bonchev–Trinajstić information content (AvgIpc) is 2.92. The fourth-order valence-corrected chi connectivity index (χ4v) is 3.77. The first-order chi connectivity index (χ1) is 18.5. The predicted molar refractivity (Wildman–Crippen MR) is 147 cm³/mol. The minimum Gasteiger partial charge on any atom is -0.478 e. The molecule has 2 amide bonds. The second-order valence-electron chi connectivity index (χ2n) is 9.30. The van der Waals surface area contributed by atoms with E-state index in [9.17, 15) is 29.4 Å². The number of hydrogen-bond acceptors (Lipinski definition) is 5. The number of ether oxygens (including phenoxy) is 1. The molecule has 9 heteroatoms. The summed E-state index contributed by atoms with van der Waals surface area (Å²) >= 11 is 0. The molecule has 0 fully saturated rings. The molecule has 2 atom stereocenters. The lowest BCUT2D eigenvalue weighted by Crippen LogP contribution is -2.33. The lowest BCUT2D eigenvalue weighted by atomic mass is 9.96. The Bertz CT molecular complexity index is 1370. The molecule has 3 rings (SSSR count). The van der Waals surface area contributed by atoms with Gasteiger partial charge in [-0.05, 0) is 79.8 Å². The van der Waals surface area contributed by atoms with E-state index >= 15 is 0 Å². The minimum absolute atomic E-state index is 0.255. The van der Waals surface area contributed by atoms with Crippen molar-refractivity contribution in [1.82, 2.24) is 5.32 Å². The molecule has 9 nitrogen and oxygen atoms in total. The molecule has 39 heavy (non-hydrogen) atoms. The van der Waals surface area contributed by atoms with Crippen molar-refractivity contribution in [3.8, 4) is 11.5 Å². The molecule has 3 aromatic carbocycles. The Morgan fingerprint density at radius 2 is 1.21 bits per heavy atom. The van der Waals surface area contributed by atoms with Gasteiger partial charge in [0.25, 0.3) is 11.8 Å². The summed E-state index contributed by atoms with van der Waals surface area (Å²) in [5, 5.41) is 24.5. The normalized spacial score (nSPS) is 12.2. The average molecular weight is 533 g/mol. The van der Waals surface area contributed by atoms with E-state index in [2.05, 4.69) is 24.5 Å². The van der Waals surface area contributed by atoms with Crippen LogP contribution in [0.3, 0.4) is 0 Å². The maximum absolute atomic E-state index is 13.1. The molecule has 0 aromatic heterocycles. The van der Waals surface area contributed by atoms with Crippen LogP contribution in [0.2, 0.25) is 0 Å². The van der Waals surface area contributed by atoms with Crippen molar-refractivity contribution in [1.29, 1.82) is 0 Å². The van der Waals surface area contributed by atoms with Crippen LogP contribution in [0.5, 0.6) is 11.5 Å². The van der Waals surface area contributed by atoms with Gasteiger partial charge in [-0.2, -0.15) is 0 Å². The number of carboxylic acid groups (broad SMARTS) is 2. The zero-order valence-electron chi connectivity index (χ0n) is 22.3. The van der Waals surface area contributed by atoms with E-state index in [1.54, 1.807) is 31.2 Å². The van der Waals surface area contributed by atoms with Crippen molar-refractivity contribution in [3.63, 3.8) is 0 Å². The van der Waals surface area contributed by atoms with E-state index in [-0.39, 0.29) is 17.2 Å². The van der Waals surface area contributed by atoms with Crippen LogP contribution < -0.4 is 15.4 Å². The van der Waals surface area contributed by atoms with Crippen molar-refractivity contribution in [2.45, 2.75) is 52.5 Å². The number of rotatable bonds is 11. The molecule has 0 saturated carbocycles. The van der Waals surface area contributed by atoms with Crippen molar-refractivity contribution in [2.24, 2.45) is 0 Å². The topological polar surface area (TPSA) is 142 Å². The monoisotopic (exact) mass is 532 g/mol. The van der Waals surface area contributed by atoms with Crippen molar-refractivity contribution in [2.75, 3.05) is 5.32 Å². The first-order valence-corrected chi connectivity index (χ1v) is 12.7. The summed E-state index contributed by atoms with van der Waals surface area (Å²) in [4.78, 5) is 49.4. The van der Waals surface area contributed by atoms with Crippen LogP contribution in [-0.2, 0) is 0 Å². The summed E-state index contributed by atoms with van der Waals surface area (Å²) in [5.41, 5.74) is -0.122. The molecule has 0 aliphatic rings. The fraction of sp³-hybridized carbons (Fsp3) is 0.267. The van der Waals surface area contributed by atoms with Gasteiger partial charge < -0.3 is 25.6 Å². The number of carboxylic acids is 2. The van der Waals surface area contributed by atoms with E-state index in [1.807, 2.05) is 31.2 Å². The van der Waals surface area contributed by atoms with E-state index in [0.717, 1.165) is 18.6 Å². The van der Waals surface area contributed by atoms with Gasteiger partial charge in [-0.25, -0.2) is 9.59 Å². The van der Waals surface area contributed by atoms with E-state index in [0.29, 0.717) is 29.5 Å². The maximum atomic E-state index is 13.1. The summed E-state index contributed by atoms with van der Waals surface area (Å²) in [6.45, 7) is 7.88. The predicted octanol–water partition coefficient (Wildman–Crippen LogP) is 6.17. The van der Waals surface area contributed by atoms with Crippen molar-refractivity contribution in [3.05, 3.63) is 88.5 Å². The molecule has 2 unspecified atom stereocenters. The van der Waals surface area contributed by atoms with Gasteiger partial charge in [-0.1, -0.05) is 32.9 Å². The number of anilines is 1. The van der Waals surface area contributed by atoms with Crippen LogP contribution in [-0.4, -0.2) is 40.0 Å². The third-order valence-electron chi connectivity index (χ3n) is 6.51. The van der Waals surface area contributed by atoms with Gasteiger partial charge in [0.15, 0.2) is 0 Å². The number of benzene rings is 3. The largest absolute Gasteiger partial charge is 0.478 e. The van der Waals surface area contributed by atoms with E-state index in [4.69, 9.17) is 4.74 Å². The van der Waals surface area contributed by atoms with Gasteiger partial charge in [-0.3, -0.25) is 9.59 Å². The van der Waals surface area contributed by atoms with Gasteiger partial charge in [0, 0.05) is 11.7 Å². The Labute approximate surface area is 226 Å². The Hall–Kier alpha value is -4.66. The second kappa shape index (κ2) is 12.7. The molecular formula is C30H32N2O7. The third kappa shape index (κ3) is 7.22. The lowest BCUT2D eigenvalue weighted by molar-refractivity contribution is 0.0688. The quantitative estimate of drug-likeness (QED) is 0.231. The summed E-state index contributed by atoms with van der Waals surface area (Å²) in [5.74, 6) is -2.86. The molecule has 0 saturated heterocycles. The molecule has 0 bridgehead atoms. The first kappa shape index (κ1) is 28.9. The molecule has 3 aromatic rings. The van der Waals surface area contributed by atoms with Crippen LogP contribution >= 0.6 is 0 Å². The minimum atomic E-state index is -1.50. The zero-order valence-corrected chi connectivity index (χ0v) is 22.3. The lowest BCUT2D eigenvalue weighted by Gasteiger charge is -2.15. The van der Waals surface area contributed by atoms with Crippen LogP contribution in [0.4, 0.5) is 5.69 Å². The molecule has 0 radical (unpaired) electrons. The molecule has 0 spiro atoms. The summed E-state index contributed by atoms with van der Waals surface area (Å²) in [6, 6.07) is 15.9. The molecule has 0 heterocycles. The molecular weight excluding hydrogens is 500 g/mol. The Kier molecular flexibility index (Phi) is 9.43. The Balaban J connectivity index is 1.83. The van der Waals surface area contributed by atoms with E-state index < -0.39 is 34.9 Å². The highest BCUT2D eigenvalue weighted by molar-refractivity contribution is 6.14. The highest BCUT2D eigenvalue weighted by Crippen LogP contribution is 2.27. The third-order valence-corrected chi connectivity index (χ3v) is 6.51. The molecule has 204 valence electrons. The smallest absolute Gasteiger partial charge is 0.336 e.